The minimum Gasteiger partial charge on any atom is -0.462 e. The first-order chi connectivity index (χ1) is 34.0. The fraction of sp³-hybridized carbons (Fsp3) is 0.698. The normalized spacial score (nSPS) is 12.8. The molecule has 394 valence electrons. The summed E-state index contributed by atoms with van der Waals surface area (Å²) in [6.45, 7) is 6.45. The van der Waals surface area contributed by atoms with E-state index in [9.17, 15) is 14.4 Å². The van der Waals surface area contributed by atoms with Crippen molar-refractivity contribution in [2.24, 2.45) is 0 Å². The van der Waals surface area contributed by atoms with Crippen LogP contribution in [0.25, 0.3) is 0 Å². The van der Waals surface area contributed by atoms with Crippen molar-refractivity contribution >= 4 is 17.9 Å². The van der Waals surface area contributed by atoms with E-state index >= 15 is 0 Å². The molecule has 0 spiro atoms. The summed E-state index contributed by atoms with van der Waals surface area (Å²) in [5.74, 6) is -0.947. The van der Waals surface area contributed by atoms with Crippen LogP contribution >= 0.6 is 0 Å². The minimum atomic E-state index is -0.801. The SMILES string of the molecule is CC/C=C\C/C=C\C/C=C\CCCCCC(=O)OCC(COC(=O)CCCCCCCCCC/C=C\C/C=C\C/C=C\CCCCCCC)OC(=O)CCCCCCC/C=C\C/C=C\CCCCC. The number of hydrogen-bond donors (Lipinski definition) is 0. The van der Waals surface area contributed by atoms with E-state index in [4.69, 9.17) is 14.2 Å². The first-order valence-corrected chi connectivity index (χ1v) is 28.7. The lowest BCUT2D eigenvalue weighted by Gasteiger charge is -2.18. The van der Waals surface area contributed by atoms with Gasteiger partial charge in [-0.25, -0.2) is 0 Å². The van der Waals surface area contributed by atoms with E-state index in [1.807, 2.05) is 0 Å². The van der Waals surface area contributed by atoms with Gasteiger partial charge in [0.05, 0.1) is 0 Å². The molecule has 0 aromatic carbocycles. The molecule has 0 fully saturated rings. The van der Waals surface area contributed by atoms with Gasteiger partial charge < -0.3 is 14.2 Å². The van der Waals surface area contributed by atoms with Gasteiger partial charge in [0, 0.05) is 19.3 Å². The quantitative estimate of drug-likeness (QED) is 0.0262. The zero-order valence-electron chi connectivity index (χ0n) is 45.0. The predicted molar refractivity (Wildman–Crippen MR) is 297 cm³/mol. The Hall–Kier alpha value is -3.67. The molecule has 0 rings (SSSR count). The summed E-state index contributed by atoms with van der Waals surface area (Å²) in [7, 11) is 0. The number of ether oxygens (including phenoxy) is 3. The van der Waals surface area contributed by atoms with Crippen molar-refractivity contribution in [1.82, 2.24) is 0 Å². The lowest BCUT2D eigenvalue weighted by atomic mass is 10.1. The average molecular weight is 960 g/mol. The van der Waals surface area contributed by atoms with Crippen molar-refractivity contribution in [3.63, 3.8) is 0 Å². The first kappa shape index (κ1) is 65.3. The van der Waals surface area contributed by atoms with E-state index < -0.39 is 6.10 Å². The number of esters is 3. The fourth-order valence-electron chi connectivity index (χ4n) is 7.73. The molecular formula is C63H106O6. The van der Waals surface area contributed by atoms with Gasteiger partial charge in [-0.2, -0.15) is 0 Å². The molecule has 0 aromatic heterocycles. The van der Waals surface area contributed by atoms with Gasteiger partial charge in [-0.3, -0.25) is 14.4 Å². The molecule has 0 radical (unpaired) electrons. The third kappa shape index (κ3) is 55.1. The van der Waals surface area contributed by atoms with E-state index in [2.05, 4.69) is 118 Å². The Balaban J connectivity index is 4.39. The second kappa shape index (κ2) is 56.9. The van der Waals surface area contributed by atoms with Crippen LogP contribution < -0.4 is 0 Å². The second-order valence-electron chi connectivity index (χ2n) is 18.8. The zero-order valence-corrected chi connectivity index (χ0v) is 45.0. The van der Waals surface area contributed by atoms with Crippen LogP contribution in [0.5, 0.6) is 0 Å². The number of carbonyl (C=O) groups excluding carboxylic acids is 3. The third-order valence-electron chi connectivity index (χ3n) is 12.0. The van der Waals surface area contributed by atoms with Crippen molar-refractivity contribution in [3.05, 3.63) is 97.2 Å². The monoisotopic (exact) mass is 959 g/mol. The summed E-state index contributed by atoms with van der Waals surface area (Å²) in [4.78, 5) is 38.1. The Morgan fingerprint density at radius 2 is 0.565 bits per heavy atom. The maximum atomic E-state index is 12.8. The summed E-state index contributed by atoms with van der Waals surface area (Å²) in [5.41, 5.74) is 0. The molecule has 0 heterocycles. The maximum Gasteiger partial charge on any atom is 0.306 e. The van der Waals surface area contributed by atoms with Crippen molar-refractivity contribution < 1.29 is 28.6 Å². The molecule has 0 aliphatic carbocycles. The summed E-state index contributed by atoms with van der Waals surface area (Å²) in [6.07, 6.45) is 75.4. The van der Waals surface area contributed by atoms with Crippen LogP contribution in [0.2, 0.25) is 0 Å². The topological polar surface area (TPSA) is 78.9 Å². The Labute approximate surface area is 426 Å². The molecule has 69 heavy (non-hydrogen) atoms. The smallest absolute Gasteiger partial charge is 0.306 e. The van der Waals surface area contributed by atoms with Crippen LogP contribution in [0.3, 0.4) is 0 Å². The lowest BCUT2D eigenvalue weighted by Crippen LogP contribution is -2.30. The van der Waals surface area contributed by atoms with E-state index in [0.717, 1.165) is 128 Å². The Morgan fingerprint density at radius 3 is 0.928 bits per heavy atom. The van der Waals surface area contributed by atoms with E-state index in [1.54, 1.807) is 0 Å². The number of carbonyl (C=O) groups is 3. The zero-order chi connectivity index (χ0) is 50.0. The molecule has 0 saturated carbocycles. The van der Waals surface area contributed by atoms with Gasteiger partial charge in [0.1, 0.15) is 13.2 Å². The Morgan fingerprint density at radius 1 is 0.304 bits per heavy atom. The Kier molecular flexibility index (Phi) is 53.9. The number of hydrogen-bond acceptors (Lipinski definition) is 6. The van der Waals surface area contributed by atoms with Crippen molar-refractivity contribution in [1.29, 1.82) is 0 Å². The summed E-state index contributed by atoms with van der Waals surface area (Å²) >= 11 is 0. The van der Waals surface area contributed by atoms with E-state index in [0.29, 0.717) is 19.3 Å². The van der Waals surface area contributed by atoms with Crippen LogP contribution in [0.15, 0.2) is 97.2 Å². The third-order valence-corrected chi connectivity index (χ3v) is 12.0. The summed E-state index contributed by atoms with van der Waals surface area (Å²) in [5, 5.41) is 0. The van der Waals surface area contributed by atoms with Crippen LogP contribution in [0, 0.1) is 0 Å². The highest BCUT2D eigenvalue weighted by molar-refractivity contribution is 5.71. The molecule has 0 aromatic rings. The maximum absolute atomic E-state index is 12.8. The minimum absolute atomic E-state index is 0.0974. The van der Waals surface area contributed by atoms with Gasteiger partial charge in [0.2, 0.25) is 0 Å². The van der Waals surface area contributed by atoms with Crippen LogP contribution in [0.1, 0.15) is 265 Å². The molecule has 1 unspecified atom stereocenters. The van der Waals surface area contributed by atoms with Gasteiger partial charge in [-0.15, -0.1) is 0 Å². The van der Waals surface area contributed by atoms with Gasteiger partial charge >= 0.3 is 17.9 Å². The summed E-state index contributed by atoms with van der Waals surface area (Å²) in [6, 6.07) is 0. The number of unbranched alkanes of at least 4 members (excludes halogenated alkanes) is 24. The largest absolute Gasteiger partial charge is 0.462 e. The van der Waals surface area contributed by atoms with E-state index in [-0.39, 0.29) is 31.1 Å². The van der Waals surface area contributed by atoms with E-state index in [1.165, 1.54) is 96.3 Å². The molecule has 0 bridgehead atoms. The first-order valence-electron chi connectivity index (χ1n) is 28.7. The molecule has 0 aliphatic rings. The molecular weight excluding hydrogens is 853 g/mol. The van der Waals surface area contributed by atoms with Crippen molar-refractivity contribution in [2.45, 2.75) is 271 Å². The molecule has 0 amide bonds. The van der Waals surface area contributed by atoms with Gasteiger partial charge in [-0.1, -0.05) is 221 Å². The fourth-order valence-corrected chi connectivity index (χ4v) is 7.73. The standard InChI is InChI=1S/C63H106O6/c1-4-7-10-13-16-19-22-25-27-28-29-30-31-32-33-34-36-38-41-44-47-50-53-56-62(65)68-59-60(58-67-61(64)55-52-49-46-43-40-37-24-21-18-15-12-9-6-3)69-63(66)57-54-51-48-45-42-39-35-26-23-20-17-14-11-8-5-2/h9,12,17-18,20-22,25-26,28-29,31-32,35,37,40,60H,4-8,10-11,13-16,19,23-24,27,30,33-34,36,38-39,41-59H2,1-3H3/b12-9-,20-17-,21-18-,25-22-,29-28-,32-31-,35-26-,40-37-. The van der Waals surface area contributed by atoms with Gasteiger partial charge in [-0.05, 0) is 122 Å². The molecule has 0 saturated heterocycles. The molecule has 0 N–H and O–H groups in total. The Bertz CT molecular complexity index is 1380. The highest BCUT2D eigenvalue weighted by Crippen LogP contribution is 2.14. The highest BCUT2D eigenvalue weighted by atomic mass is 16.6. The molecule has 0 aliphatic heterocycles. The second-order valence-corrected chi connectivity index (χ2v) is 18.8. The molecule has 6 heteroatoms. The highest BCUT2D eigenvalue weighted by Gasteiger charge is 2.19. The van der Waals surface area contributed by atoms with Gasteiger partial charge in [0.25, 0.3) is 0 Å². The van der Waals surface area contributed by atoms with Gasteiger partial charge in [0.15, 0.2) is 6.10 Å². The lowest BCUT2D eigenvalue weighted by molar-refractivity contribution is -0.167. The summed E-state index contributed by atoms with van der Waals surface area (Å²) < 4.78 is 16.8. The van der Waals surface area contributed by atoms with Crippen LogP contribution in [-0.2, 0) is 28.6 Å². The molecule has 6 nitrogen and oxygen atoms in total. The van der Waals surface area contributed by atoms with Crippen molar-refractivity contribution in [3.8, 4) is 0 Å². The van der Waals surface area contributed by atoms with Crippen LogP contribution in [-0.4, -0.2) is 37.2 Å². The van der Waals surface area contributed by atoms with Crippen molar-refractivity contribution in [2.75, 3.05) is 13.2 Å². The number of rotatable bonds is 51. The average Bonchev–Trinajstić information content (AvgIpc) is 3.35. The molecule has 1 atom stereocenters. The van der Waals surface area contributed by atoms with Crippen LogP contribution in [0.4, 0.5) is 0 Å². The number of allylic oxidation sites excluding steroid dienone is 16. The predicted octanol–water partition coefficient (Wildman–Crippen LogP) is 19.3.